The summed E-state index contributed by atoms with van der Waals surface area (Å²) >= 11 is 0. The van der Waals surface area contributed by atoms with Gasteiger partial charge in [-0.05, 0) is 30.1 Å². The van der Waals surface area contributed by atoms with Gasteiger partial charge in [0.25, 0.3) is 0 Å². The van der Waals surface area contributed by atoms with Crippen LogP contribution in [0.25, 0.3) is 0 Å². The molecule has 0 radical (unpaired) electrons. The molecule has 1 rings (SSSR count). The summed E-state index contributed by atoms with van der Waals surface area (Å²) < 4.78 is 0. The summed E-state index contributed by atoms with van der Waals surface area (Å²) in [5, 5.41) is 3.39. The molecule has 0 amide bonds. The Hall–Kier alpha value is -0.0400. The standard InChI is InChI=1S/C11H23N/c1-5-11(8-12-9-11)7-6-10(2,3)4/h12H,5-9H2,1-4H3. The Morgan fingerprint density at radius 2 is 1.83 bits per heavy atom. The first kappa shape index (κ1) is 10.0. The highest BCUT2D eigenvalue weighted by Gasteiger charge is 2.35. The van der Waals surface area contributed by atoms with Crippen molar-refractivity contribution in [3.63, 3.8) is 0 Å². The molecular weight excluding hydrogens is 146 g/mol. The highest BCUT2D eigenvalue weighted by atomic mass is 15.0. The Balaban J connectivity index is 2.30. The molecule has 0 aliphatic carbocycles. The van der Waals surface area contributed by atoms with Crippen molar-refractivity contribution < 1.29 is 0 Å². The van der Waals surface area contributed by atoms with E-state index < -0.39 is 0 Å². The molecule has 1 N–H and O–H groups in total. The van der Waals surface area contributed by atoms with Gasteiger partial charge in [0.15, 0.2) is 0 Å². The van der Waals surface area contributed by atoms with Gasteiger partial charge in [0.2, 0.25) is 0 Å². The Kier molecular flexibility index (Phi) is 2.82. The van der Waals surface area contributed by atoms with Crippen LogP contribution < -0.4 is 5.32 Å². The Morgan fingerprint density at radius 3 is 2.08 bits per heavy atom. The highest BCUT2D eigenvalue weighted by molar-refractivity contribution is 4.91. The first-order chi connectivity index (χ1) is 5.47. The lowest BCUT2D eigenvalue weighted by atomic mass is 9.72. The van der Waals surface area contributed by atoms with Crippen LogP contribution in [0.5, 0.6) is 0 Å². The van der Waals surface area contributed by atoms with E-state index in [1.165, 1.54) is 32.4 Å². The molecule has 0 spiro atoms. The van der Waals surface area contributed by atoms with E-state index in [0.717, 1.165) is 0 Å². The fourth-order valence-electron chi connectivity index (χ4n) is 1.72. The third-order valence-electron chi connectivity index (χ3n) is 3.16. The summed E-state index contributed by atoms with van der Waals surface area (Å²) in [6.07, 6.45) is 4.11. The van der Waals surface area contributed by atoms with Crippen LogP contribution in [0.15, 0.2) is 0 Å². The molecule has 1 nitrogen and oxygen atoms in total. The molecule has 0 aromatic heterocycles. The molecule has 0 aromatic rings. The summed E-state index contributed by atoms with van der Waals surface area (Å²) in [6.45, 7) is 11.8. The van der Waals surface area contributed by atoms with Gasteiger partial charge in [-0.15, -0.1) is 0 Å². The average Bonchev–Trinajstić information content (AvgIpc) is 1.84. The van der Waals surface area contributed by atoms with E-state index in [2.05, 4.69) is 33.0 Å². The van der Waals surface area contributed by atoms with Crippen LogP contribution in [0.1, 0.15) is 47.0 Å². The van der Waals surface area contributed by atoms with Crippen LogP contribution in [0, 0.1) is 10.8 Å². The third-order valence-corrected chi connectivity index (χ3v) is 3.16. The number of rotatable bonds is 3. The van der Waals surface area contributed by atoms with Gasteiger partial charge in [0, 0.05) is 13.1 Å². The molecule has 1 aliphatic heterocycles. The number of nitrogens with one attached hydrogen (secondary N) is 1. The predicted molar refractivity (Wildman–Crippen MR) is 54.3 cm³/mol. The van der Waals surface area contributed by atoms with Crippen molar-refractivity contribution in [1.82, 2.24) is 5.32 Å². The van der Waals surface area contributed by atoms with Crippen LogP contribution in [-0.2, 0) is 0 Å². The van der Waals surface area contributed by atoms with Crippen molar-refractivity contribution in [2.45, 2.75) is 47.0 Å². The van der Waals surface area contributed by atoms with Crippen molar-refractivity contribution in [1.29, 1.82) is 0 Å². The van der Waals surface area contributed by atoms with Crippen LogP contribution in [0.2, 0.25) is 0 Å². The lowest BCUT2D eigenvalue weighted by molar-refractivity contribution is 0.123. The Morgan fingerprint density at radius 1 is 1.25 bits per heavy atom. The lowest BCUT2D eigenvalue weighted by Gasteiger charge is -2.43. The summed E-state index contributed by atoms with van der Waals surface area (Å²) in [7, 11) is 0. The van der Waals surface area contributed by atoms with Crippen LogP contribution >= 0.6 is 0 Å². The van der Waals surface area contributed by atoms with Gasteiger partial charge in [-0.25, -0.2) is 0 Å². The molecule has 0 atom stereocenters. The maximum atomic E-state index is 3.39. The van der Waals surface area contributed by atoms with E-state index in [0.29, 0.717) is 10.8 Å². The minimum Gasteiger partial charge on any atom is -0.316 e. The second-order valence-corrected chi connectivity index (χ2v) is 5.52. The lowest BCUT2D eigenvalue weighted by Crippen LogP contribution is -2.53. The molecule has 1 saturated heterocycles. The second kappa shape index (κ2) is 3.37. The van der Waals surface area contributed by atoms with E-state index in [-0.39, 0.29) is 0 Å². The molecule has 0 aromatic carbocycles. The molecular formula is C11H23N. The third kappa shape index (κ3) is 2.48. The zero-order valence-electron chi connectivity index (χ0n) is 9.04. The van der Waals surface area contributed by atoms with Crippen molar-refractivity contribution in [3.05, 3.63) is 0 Å². The minimum atomic E-state index is 0.512. The SMILES string of the molecule is CCC1(CCC(C)(C)C)CNC1. The predicted octanol–water partition coefficient (Wildman–Crippen LogP) is 2.81. The van der Waals surface area contributed by atoms with Gasteiger partial charge >= 0.3 is 0 Å². The normalized spacial score (nSPS) is 22.0. The second-order valence-electron chi connectivity index (χ2n) is 5.52. The zero-order chi connectivity index (χ0) is 9.24. The molecule has 1 aliphatic rings. The fraction of sp³-hybridized carbons (Fsp3) is 1.00. The van der Waals surface area contributed by atoms with Crippen molar-refractivity contribution in [2.24, 2.45) is 10.8 Å². The molecule has 0 bridgehead atoms. The van der Waals surface area contributed by atoms with E-state index in [1.54, 1.807) is 0 Å². The van der Waals surface area contributed by atoms with E-state index in [4.69, 9.17) is 0 Å². The molecule has 1 heterocycles. The van der Waals surface area contributed by atoms with Gasteiger partial charge in [-0.3, -0.25) is 0 Å². The van der Waals surface area contributed by atoms with Gasteiger partial charge in [-0.1, -0.05) is 27.7 Å². The van der Waals surface area contributed by atoms with Gasteiger partial charge < -0.3 is 5.32 Å². The Bertz CT molecular complexity index is 134. The highest BCUT2D eigenvalue weighted by Crippen LogP contribution is 2.36. The molecule has 1 heteroatoms. The van der Waals surface area contributed by atoms with E-state index in [9.17, 15) is 0 Å². The topological polar surface area (TPSA) is 12.0 Å². The Labute approximate surface area is 76.9 Å². The van der Waals surface area contributed by atoms with Gasteiger partial charge in [0.05, 0.1) is 0 Å². The largest absolute Gasteiger partial charge is 0.316 e. The average molecular weight is 169 g/mol. The van der Waals surface area contributed by atoms with Crippen LogP contribution in [0.4, 0.5) is 0 Å². The molecule has 0 unspecified atom stereocenters. The summed E-state index contributed by atoms with van der Waals surface area (Å²) in [4.78, 5) is 0. The summed E-state index contributed by atoms with van der Waals surface area (Å²) in [5.41, 5.74) is 1.17. The first-order valence-electron chi connectivity index (χ1n) is 5.18. The maximum absolute atomic E-state index is 3.39. The number of hydrogen-bond donors (Lipinski definition) is 1. The van der Waals surface area contributed by atoms with Gasteiger partial charge in [-0.2, -0.15) is 0 Å². The molecule has 12 heavy (non-hydrogen) atoms. The quantitative estimate of drug-likeness (QED) is 0.685. The minimum absolute atomic E-state index is 0.512. The number of hydrogen-bond acceptors (Lipinski definition) is 1. The fourth-order valence-corrected chi connectivity index (χ4v) is 1.72. The summed E-state index contributed by atoms with van der Waals surface area (Å²) in [5.74, 6) is 0. The van der Waals surface area contributed by atoms with Crippen molar-refractivity contribution in [2.75, 3.05) is 13.1 Å². The summed E-state index contributed by atoms with van der Waals surface area (Å²) in [6, 6.07) is 0. The monoisotopic (exact) mass is 169 g/mol. The van der Waals surface area contributed by atoms with E-state index >= 15 is 0 Å². The van der Waals surface area contributed by atoms with Crippen molar-refractivity contribution in [3.8, 4) is 0 Å². The zero-order valence-corrected chi connectivity index (χ0v) is 9.04. The van der Waals surface area contributed by atoms with E-state index in [1.807, 2.05) is 0 Å². The van der Waals surface area contributed by atoms with Crippen molar-refractivity contribution >= 4 is 0 Å². The molecule has 0 saturated carbocycles. The molecule has 1 fully saturated rings. The maximum Gasteiger partial charge on any atom is 0.00201 e. The smallest absolute Gasteiger partial charge is 0.00201 e. The van der Waals surface area contributed by atoms with Gasteiger partial charge in [0.1, 0.15) is 0 Å². The van der Waals surface area contributed by atoms with Crippen LogP contribution in [-0.4, -0.2) is 13.1 Å². The molecule has 72 valence electrons. The first-order valence-corrected chi connectivity index (χ1v) is 5.18. The van der Waals surface area contributed by atoms with Crippen LogP contribution in [0.3, 0.4) is 0 Å².